The second-order valence-electron chi connectivity index (χ2n) is 6.06. The Morgan fingerprint density at radius 1 is 1.32 bits per heavy atom. The highest BCUT2D eigenvalue weighted by Crippen LogP contribution is 2.35. The molecule has 0 aliphatic heterocycles. The normalized spacial score (nSPS) is 14.2. The van der Waals surface area contributed by atoms with Crippen molar-refractivity contribution in [1.82, 2.24) is 5.32 Å². The van der Waals surface area contributed by atoms with Crippen LogP contribution in [0, 0.1) is 0 Å². The van der Waals surface area contributed by atoms with Crippen molar-refractivity contribution in [1.29, 1.82) is 0 Å². The van der Waals surface area contributed by atoms with Crippen molar-refractivity contribution in [3.63, 3.8) is 0 Å². The van der Waals surface area contributed by atoms with Gasteiger partial charge in [0.15, 0.2) is 0 Å². The zero-order valence-corrected chi connectivity index (χ0v) is 14.0. The lowest BCUT2D eigenvalue weighted by Gasteiger charge is -2.12. The van der Waals surface area contributed by atoms with Crippen LogP contribution in [0.1, 0.15) is 47.8 Å². The minimum Gasteiger partial charge on any atom is -0.496 e. The largest absolute Gasteiger partial charge is 0.496 e. The van der Waals surface area contributed by atoms with Crippen molar-refractivity contribution in [2.45, 2.75) is 38.6 Å². The summed E-state index contributed by atoms with van der Waals surface area (Å²) in [6.07, 6.45) is 2.21. The number of carbonyl (C=O) groups is 1. The van der Waals surface area contributed by atoms with Crippen LogP contribution in [0.3, 0.4) is 0 Å². The van der Waals surface area contributed by atoms with Crippen molar-refractivity contribution in [3.05, 3.63) is 40.1 Å². The first-order chi connectivity index (χ1) is 10.6. The van der Waals surface area contributed by atoms with Crippen molar-refractivity contribution >= 4 is 17.2 Å². The number of hydrogen-bond donors (Lipinski definition) is 1. The molecule has 1 fully saturated rings. The monoisotopic (exact) mass is 315 g/mol. The molecule has 1 saturated carbocycles. The molecule has 1 aliphatic rings. The fourth-order valence-corrected chi connectivity index (χ4v) is 3.20. The second kappa shape index (κ2) is 6.13. The molecular formula is C18H21NO2S. The molecule has 1 heterocycles. The van der Waals surface area contributed by atoms with Gasteiger partial charge in [0.1, 0.15) is 5.75 Å². The van der Waals surface area contributed by atoms with Gasteiger partial charge in [0.05, 0.1) is 12.0 Å². The summed E-state index contributed by atoms with van der Waals surface area (Å²) in [5.41, 5.74) is 3.37. The third-order valence-electron chi connectivity index (χ3n) is 3.94. The van der Waals surface area contributed by atoms with Crippen LogP contribution in [0.4, 0.5) is 0 Å². The smallest absolute Gasteiger partial charge is 0.261 e. The highest BCUT2D eigenvalue weighted by Gasteiger charge is 2.24. The summed E-state index contributed by atoms with van der Waals surface area (Å²) in [6.45, 7) is 4.35. The topological polar surface area (TPSA) is 38.3 Å². The van der Waals surface area contributed by atoms with E-state index < -0.39 is 0 Å². The number of nitrogens with one attached hydrogen (secondary N) is 1. The van der Waals surface area contributed by atoms with Crippen LogP contribution in [0.2, 0.25) is 0 Å². The zero-order chi connectivity index (χ0) is 15.7. The molecular weight excluding hydrogens is 294 g/mol. The maximum atomic E-state index is 12.1. The fourth-order valence-electron chi connectivity index (χ4n) is 2.39. The van der Waals surface area contributed by atoms with Gasteiger partial charge in [-0.2, -0.15) is 0 Å². The van der Waals surface area contributed by atoms with Crippen LogP contribution < -0.4 is 10.1 Å². The first kappa shape index (κ1) is 15.1. The van der Waals surface area contributed by atoms with Gasteiger partial charge in [-0.25, -0.2) is 0 Å². The van der Waals surface area contributed by atoms with E-state index in [1.165, 1.54) is 16.9 Å². The number of hydrogen-bond acceptors (Lipinski definition) is 3. The Kier molecular flexibility index (Phi) is 4.21. The molecule has 1 aromatic heterocycles. The Morgan fingerprint density at radius 3 is 2.73 bits per heavy atom. The lowest BCUT2D eigenvalue weighted by atomic mass is 9.97. The summed E-state index contributed by atoms with van der Waals surface area (Å²) < 4.78 is 5.48. The number of amides is 1. The van der Waals surface area contributed by atoms with Gasteiger partial charge in [-0.05, 0) is 53.5 Å². The molecule has 1 N–H and O–H groups in total. The average Bonchev–Trinajstić information content (AvgIpc) is 3.18. The molecule has 116 valence electrons. The Morgan fingerprint density at radius 2 is 2.09 bits per heavy atom. The number of thiophene rings is 1. The lowest BCUT2D eigenvalue weighted by molar-refractivity contribution is 0.0955. The predicted molar refractivity (Wildman–Crippen MR) is 90.9 cm³/mol. The first-order valence-corrected chi connectivity index (χ1v) is 8.54. The van der Waals surface area contributed by atoms with E-state index in [-0.39, 0.29) is 5.91 Å². The Balaban J connectivity index is 1.91. The van der Waals surface area contributed by atoms with E-state index in [0.717, 1.165) is 34.6 Å². The summed E-state index contributed by atoms with van der Waals surface area (Å²) in [5, 5.41) is 5.06. The Labute approximate surface area is 135 Å². The zero-order valence-electron chi connectivity index (χ0n) is 13.2. The molecule has 0 saturated heterocycles. The maximum absolute atomic E-state index is 12.1. The SMILES string of the molecule is COc1ccc(C(C)C)cc1-c1csc(C(=O)NC2CC2)c1. The molecule has 3 rings (SSSR count). The Bertz CT molecular complexity index is 686. The number of benzene rings is 1. The number of carbonyl (C=O) groups excluding carboxylic acids is 1. The van der Waals surface area contributed by atoms with Gasteiger partial charge in [-0.1, -0.05) is 19.9 Å². The van der Waals surface area contributed by atoms with Crippen LogP contribution in [0.25, 0.3) is 11.1 Å². The molecule has 2 aromatic rings. The molecule has 4 heteroatoms. The van der Waals surface area contributed by atoms with Gasteiger partial charge in [0.2, 0.25) is 0 Å². The highest BCUT2D eigenvalue weighted by atomic mass is 32.1. The summed E-state index contributed by atoms with van der Waals surface area (Å²) in [5.74, 6) is 1.34. The van der Waals surface area contributed by atoms with E-state index in [9.17, 15) is 4.79 Å². The van der Waals surface area contributed by atoms with Crippen LogP contribution in [-0.4, -0.2) is 19.1 Å². The molecule has 0 radical (unpaired) electrons. The molecule has 0 spiro atoms. The molecule has 22 heavy (non-hydrogen) atoms. The number of methoxy groups -OCH3 is 1. The van der Waals surface area contributed by atoms with Gasteiger partial charge in [-0.3, -0.25) is 4.79 Å². The summed E-state index contributed by atoms with van der Waals surface area (Å²) in [6, 6.07) is 8.61. The summed E-state index contributed by atoms with van der Waals surface area (Å²) in [4.78, 5) is 12.9. The third-order valence-corrected chi connectivity index (χ3v) is 4.87. The average molecular weight is 315 g/mol. The molecule has 1 aliphatic carbocycles. The fraction of sp³-hybridized carbons (Fsp3) is 0.389. The lowest BCUT2D eigenvalue weighted by Crippen LogP contribution is -2.24. The number of ether oxygens (including phenoxy) is 1. The molecule has 1 amide bonds. The van der Waals surface area contributed by atoms with Crippen LogP contribution in [-0.2, 0) is 0 Å². The van der Waals surface area contributed by atoms with E-state index in [1.54, 1.807) is 7.11 Å². The van der Waals surface area contributed by atoms with E-state index in [0.29, 0.717) is 12.0 Å². The van der Waals surface area contributed by atoms with E-state index in [1.807, 2.05) is 17.5 Å². The summed E-state index contributed by atoms with van der Waals surface area (Å²) >= 11 is 1.49. The van der Waals surface area contributed by atoms with Gasteiger partial charge >= 0.3 is 0 Å². The van der Waals surface area contributed by atoms with Crippen LogP contribution >= 0.6 is 11.3 Å². The molecule has 0 bridgehead atoms. The minimum atomic E-state index is 0.0396. The summed E-state index contributed by atoms with van der Waals surface area (Å²) in [7, 11) is 1.68. The van der Waals surface area contributed by atoms with E-state index >= 15 is 0 Å². The molecule has 1 aromatic carbocycles. The second-order valence-corrected chi connectivity index (χ2v) is 6.97. The Hall–Kier alpha value is -1.81. The van der Waals surface area contributed by atoms with Gasteiger partial charge in [0.25, 0.3) is 5.91 Å². The maximum Gasteiger partial charge on any atom is 0.261 e. The number of rotatable bonds is 5. The van der Waals surface area contributed by atoms with Crippen molar-refractivity contribution in [3.8, 4) is 16.9 Å². The van der Waals surface area contributed by atoms with Crippen LogP contribution in [0.15, 0.2) is 29.6 Å². The molecule has 3 nitrogen and oxygen atoms in total. The van der Waals surface area contributed by atoms with E-state index in [2.05, 4.69) is 31.3 Å². The molecule has 0 unspecified atom stereocenters. The predicted octanol–water partition coefficient (Wildman–Crippen LogP) is 4.44. The minimum absolute atomic E-state index is 0.0396. The third kappa shape index (κ3) is 3.17. The quantitative estimate of drug-likeness (QED) is 0.886. The van der Waals surface area contributed by atoms with Gasteiger partial charge < -0.3 is 10.1 Å². The standard InChI is InChI=1S/C18H21NO2S/c1-11(2)12-4-7-16(21-3)15(8-12)13-9-17(22-10-13)18(20)19-14-5-6-14/h4,7-11,14H,5-6H2,1-3H3,(H,19,20). The van der Waals surface area contributed by atoms with Gasteiger partial charge in [-0.15, -0.1) is 11.3 Å². The van der Waals surface area contributed by atoms with Crippen molar-refractivity contribution in [2.24, 2.45) is 0 Å². The highest BCUT2D eigenvalue weighted by molar-refractivity contribution is 7.12. The van der Waals surface area contributed by atoms with Crippen LogP contribution in [0.5, 0.6) is 5.75 Å². The van der Waals surface area contributed by atoms with Crippen molar-refractivity contribution < 1.29 is 9.53 Å². The molecule has 0 atom stereocenters. The first-order valence-electron chi connectivity index (χ1n) is 7.66. The van der Waals surface area contributed by atoms with E-state index in [4.69, 9.17) is 4.74 Å². The van der Waals surface area contributed by atoms with Crippen molar-refractivity contribution in [2.75, 3.05) is 7.11 Å². The van der Waals surface area contributed by atoms with Gasteiger partial charge in [0, 0.05) is 11.6 Å².